The number of aromatic nitrogens is 1. The van der Waals surface area contributed by atoms with Crippen LogP contribution >= 0.6 is 0 Å². The Hall–Kier alpha value is -2.51. The number of rotatable bonds is 6. The van der Waals surface area contributed by atoms with Gasteiger partial charge in [0.1, 0.15) is 6.04 Å². The van der Waals surface area contributed by atoms with Gasteiger partial charge in [0.15, 0.2) is 5.82 Å². The lowest BCUT2D eigenvalue weighted by atomic mass is 10.1. The fraction of sp³-hybridized carbons (Fsp3) is 0.333. The number of aliphatic carboxylic acids is 1. The fourth-order valence-corrected chi connectivity index (χ4v) is 1.42. The lowest BCUT2D eigenvalue weighted by Gasteiger charge is -2.14. The van der Waals surface area contributed by atoms with Crippen LogP contribution in [0.25, 0.3) is 0 Å². The second kappa shape index (κ2) is 7.17. The largest absolute Gasteiger partial charge is 0.480 e. The van der Waals surface area contributed by atoms with Gasteiger partial charge in [0.25, 0.3) is 5.91 Å². The third kappa shape index (κ3) is 4.30. The van der Waals surface area contributed by atoms with Crippen molar-refractivity contribution < 1.29 is 28.6 Å². The van der Waals surface area contributed by atoms with Crippen LogP contribution < -0.4 is 5.32 Å². The molecular weight excluding hydrogens is 271 g/mol. The molecule has 8 heteroatoms. The molecule has 0 aliphatic rings. The highest BCUT2D eigenvalue weighted by Crippen LogP contribution is 2.06. The van der Waals surface area contributed by atoms with E-state index in [2.05, 4.69) is 15.0 Å². The number of carbonyl (C=O) groups is 3. The Morgan fingerprint density at radius 3 is 2.75 bits per heavy atom. The van der Waals surface area contributed by atoms with Crippen LogP contribution in [-0.4, -0.2) is 41.1 Å². The van der Waals surface area contributed by atoms with E-state index in [1.165, 1.54) is 13.3 Å². The molecule has 1 amide bonds. The van der Waals surface area contributed by atoms with Gasteiger partial charge >= 0.3 is 11.9 Å². The van der Waals surface area contributed by atoms with Gasteiger partial charge in [0.05, 0.1) is 18.9 Å². The van der Waals surface area contributed by atoms with Crippen molar-refractivity contribution in [2.24, 2.45) is 0 Å². The molecule has 20 heavy (non-hydrogen) atoms. The van der Waals surface area contributed by atoms with E-state index >= 15 is 0 Å². The maximum atomic E-state index is 13.3. The van der Waals surface area contributed by atoms with Crippen LogP contribution in [0.3, 0.4) is 0 Å². The number of methoxy groups -OCH3 is 1. The third-order valence-electron chi connectivity index (χ3n) is 2.49. The van der Waals surface area contributed by atoms with Crippen molar-refractivity contribution in [2.75, 3.05) is 7.11 Å². The minimum atomic E-state index is -1.32. The lowest BCUT2D eigenvalue weighted by molar-refractivity contribution is -0.142. The number of carboxylic acid groups (broad SMARTS) is 1. The van der Waals surface area contributed by atoms with Crippen molar-refractivity contribution in [3.8, 4) is 0 Å². The molecule has 1 aromatic heterocycles. The maximum Gasteiger partial charge on any atom is 0.326 e. The van der Waals surface area contributed by atoms with Crippen molar-refractivity contribution in [1.82, 2.24) is 10.3 Å². The minimum Gasteiger partial charge on any atom is -0.480 e. The molecule has 1 aromatic rings. The molecule has 0 aliphatic heterocycles. The molecule has 108 valence electrons. The highest BCUT2D eigenvalue weighted by Gasteiger charge is 2.23. The van der Waals surface area contributed by atoms with Crippen molar-refractivity contribution in [2.45, 2.75) is 18.9 Å². The van der Waals surface area contributed by atoms with E-state index in [-0.39, 0.29) is 18.4 Å². The summed E-state index contributed by atoms with van der Waals surface area (Å²) in [4.78, 5) is 37.1. The van der Waals surface area contributed by atoms with Gasteiger partial charge in [-0.2, -0.15) is 0 Å². The van der Waals surface area contributed by atoms with E-state index in [0.29, 0.717) is 0 Å². The van der Waals surface area contributed by atoms with Crippen molar-refractivity contribution in [3.63, 3.8) is 0 Å². The zero-order valence-corrected chi connectivity index (χ0v) is 10.6. The first-order valence-corrected chi connectivity index (χ1v) is 5.65. The molecule has 1 heterocycles. The number of esters is 1. The van der Waals surface area contributed by atoms with E-state index in [4.69, 9.17) is 5.11 Å². The van der Waals surface area contributed by atoms with Crippen LogP contribution in [0.1, 0.15) is 23.2 Å². The molecule has 1 atom stereocenters. The van der Waals surface area contributed by atoms with Crippen LogP contribution in [-0.2, 0) is 14.3 Å². The smallest absolute Gasteiger partial charge is 0.326 e. The summed E-state index contributed by atoms with van der Waals surface area (Å²) in [6.07, 6.45) is 1.73. The normalized spacial score (nSPS) is 11.5. The number of pyridine rings is 1. The fourth-order valence-electron chi connectivity index (χ4n) is 1.42. The summed E-state index contributed by atoms with van der Waals surface area (Å²) >= 11 is 0. The molecule has 7 nitrogen and oxygen atoms in total. The molecule has 2 N–H and O–H groups in total. The number of carboxylic acids is 1. The van der Waals surface area contributed by atoms with Gasteiger partial charge in [-0.15, -0.1) is 0 Å². The summed E-state index contributed by atoms with van der Waals surface area (Å²) in [7, 11) is 1.17. The molecule has 0 radical (unpaired) electrons. The number of carbonyl (C=O) groups excluding carboxylic acids is 2. The first-order chi connectivity index (χ1) is 9.45. The zero-order valence-electron chi connectivity index (χ0n) is 10.6. The number of hydrogen-bond acceptors (Lipinski definition) is 5. The van der Waals surface area contributed by atoms with Crippen LogP contribution in [0.2, 0.25) is 0 Å². The second-order valence-corrected chi connectivity index (χ2v) is 3.83. The average Bonchev–Trinajstić information content (AvgIpc) is 2.42. The van der Waals surface area contributed by atoms with Gasteiger partial charge in [-0.1, -0.05) is 0 Å². The molecule has 0 bridgehead atoms. The van der Waals surface area contributed by atoms with E-state index in [0.717, 1.165) is 12.3 Å². The maximum absolute atomic E-state index is 13.3. The van der Waals surface area contributed by atoms with Gasteiger partial charge in [0, 0.05) is 12.6 Å². The summed E-state index contributed by atoms with van der Waals surface area (Å²) in [5, 5.41) is 11.1. The molecule has 0 fully saturated rings. The molecule has 0 saturated heterocycles. The van der Waals surface area contributed by atoms with E-state index in [1.807, 2.05) is 0 Å². The van der Waals surface area contributed by atoms with Crippen LogP contribution in [0.15, 0.2) is 18.5 Å². The van der Waals surface area contributed by atoms with Crippen molar-refractivity contribution in [1.29, 1.82) is 0 Å². The first-order valence-electron chi connectivity index (χ1n) is 5.65. The SMILES string of the molecule is COC(=O)CCC(NC(=O)c1ccncc1F)C(=O)O. The highest BCUT2D eigenvalue weighted by molar-refractivity contribution is 5.96. The summed E-state index contributed by atoms with van der Waals surface area (Å²) in [5.74, 6) is -3.67. The molecule has 0 spiro atoms. The second-order valence-electron chi connectivity index (χ2n) is 3.83. The van der Waals surface area contributed by atoms with Crippen molar-refractivity contribution in [3.05, 3.63) is 29.8 Å². The summed E-state index contributed by atoms with van der Waals surface area (Å²) in [6, 6.07) is -0.182. The number of ether oxygens (including phenoxy) is 1. The Balaban J connectivity index is 2.71. The van der Waals surface area contributed by atoms with Gasteiger partial charge in [0.2, 0.25) is 0 Å². The number of amides is 1. The molecular formula is C12H13FN2O5. The lowest BCUT2D eigenvalue weighted by Crippen LogP contribution is -2.41. The Morgan fingerprint density at radius 2 is 2.20 bits per heavy atom. The Labute approximate surface area is 113 Å². The monoisotopic (exact) mass is 284 g/mol. The number of nitrogens with one attached hydrogen (secondary N) is 1. The quantitative estimate of drug-likeness (QED) is 0.730. The number of nitrogens with zero attached hydrogens (tertiary/aromatic N) is 1. The highest BCUT2D eigenvalue weighted by atomic mass is 19.1. The van der Waals surface area contributed by atoms with Crippen molar-refractivity contribution >= 4 is 17.8 Å². The Morgan fingerprint density at radius 1 is 1.50 bits per heavy atom. The van der Waals surface area contributed by atoms with Gasteiger partial charge < -0.3 is 15.2 Å². The molecule has 0 saturated carbocycles. The topological polar surface area (TPSA) is 106 Å². The van der Waals surface area contributed by atoms with Gasteiger partial charge in [-0.05, 0) is 12.5 Å². The predicted octanol–water partition coefficient (Wildman–Crippen LogP) is 0.357. The van der Waals surface area contributed by atoms with E-state index in [1.54, 1.807) is 0 Å². The molecule has 1 rings (SSSR count). The first kappa shape index (κ1) is 15.5. The molecule has 0 aromatic carbocycles. The third-order valence-corrected chi connectivity index (χ3v) is 2.49. The average molecular weight is 284 g/mol. The van der Waals surface area contributed by atoms with Crippen LogP contribution in [0.4, 0.5) is 4.39 Å². The molecule has 0 aliphatic carbocycles. The standard InChI is InChI=1S/C12H13FN2O5/c1-20-10(16)3-2-9(12(18)19)15-11(17)7-4-5-14-6-8(7)13/h4-6,9H,2-3H2,1H3,(H,15,17)(H,18,19). The number of hydrogen-bond donors (Lipinski definition) is 2. The van der Waals surface area contributed by atoms with E-state index in [9.17, 15) is 18.8 Å². The number of halogens is 1. The summed E-state index contributed by atoms with van der Waals surface area (Å²) in [6.45, 7) is 0. The Kier molecular flexibility index (Phi) is 5.57. The predicted molar refractivity (Wildman–Crippen MR) is 64.3 cm³/mol. The summed E-state index contributed by atoms with van der Waals surface area (Å²) < 4.78 is 17.7. The Bertz CT molecular complexity index is 520. The minimum absolute atomic E-state index is 0.152. The zero-order chi connectivity index (χ0) is 15.1. The van der Waals surface area contributed by atoms with Crippen LogP contribution in [0.5, 0.6) is 0 Å². The van der Waals surface area contributed by atoms with E-state index < -0.39 is 29.7 Å². The van der Waals surface area contributed by atoms with Gasteiger partial charge in [-0.3, -0.25) is 14.6 Å². The summed E-state index contributed by atoms with van der Waals surface area (Å²) in [5.41, 5.74) is -0.315. The van der Waals surface area contributed by atoms with Gasteiger partial charge in [-0.25, -0.2) is 9.18 Å². The van der Waals surface area contributed by atoms with Crippen LogP contribution in [0, 0.1) is 5.82 Å². The molecule has 1 unspecified atom stereocenters.